The first-order valence-corrected chi connectivity index (χ1v) is 5.10. The van der Waals surface area contributed by atoms with Crippen LogP contribution in [0.5, 0.6) is 0 Å². The number of hydrogen-bond acceptors (Lipinski definition) is 2. The fraction of sp³-hybridized carbons (Fsp3) is 0.600. The summed E-state index contributed by atoms with van der Waals surface area (Å²) in [5.41, 5.74) is 5.63. The molecule has 3 heteroatoms. The van der Waals surface area contributed by atoms with Crippen molar-refractivity contribution in [2.75, 3.05) is 0 Å². The van der Waals surface area contributed by atoms with Gasteiger partial charge >= 0.3 is 0 Å². The lowest BCUT2D eigenvalue weighted by Gasteiger charge is -2.15. The van der Waals surface area contributed by atoms with E-state index in [0.717, 1.165) is 0 Å². The maximum absolute atomic E-state index is 5.63. The van der Waals surface area contributed by atoms with Gasteiger partial charge in [-0.15, -0.1) is 0 Å². The van der Waals surface area contributed by atoms with Crippen molar-refractivity contribution in [3.63, 3.8) is 0 Å². The summed E-state index contributed by atoms with van der Waals surface area (Å²) in [7, 11) is 0. The number of furan rings is 1. The highest BCUT2D eigenvalue weighted by atomic mass is 35.5. The van der Waals surface area contributed by atoms with Crippen LogP contribution in [0.15, 0.2) is 23.0 Å². The van der Waals surface area contributed by atoms with E-state index in [1.807, 2.05) is 0 Å². The van der Waals surface area contributed by atoms with Gasteiger partial charge in [0, 0.05) is 6.04 Å². The molecule has 1 aliphatic rings. The van der Waals surface area contributed by atoms with Gasteiger partial charge in [-0.3, -0.25) is 0 Å². The van der Waals surface area contributed by atoms with Gasteiger partial charge in [0.2, 0.25) is 0 Å². The molecule has 1 heterocycles. The fourth-order valence-corrected chi connectivity index (χ4v) is 1.48. The molecular weight excluding hydrogens is 186 g/mol. The molecular formula is C10H16ClNO. The van der Waals surface area contributed by atoms with Crippen molar-refractivity contribution in [2.45, 2.75) is 38.1 Å². The molecule has 0 amide bonds. The second-order valence-corrected chi connectivity index (χ2v) is 3.78. The van der Waals surface area contributed by atoms with Gasteiger partial charge in [-0.1, -0.05) is 30.9 Å². The molecule has 74 valence electrons. The van der Waals surface area contributed by atoms with Crippen LogP contribution in [0.2, 0.25) is 5.02 Å². The third-order valence-corrected chi connectivity index (χ3v) is 2.35. The maximum atomic E-state index is 5.63. The molecule has 1 saturated carbocycles. The Hall–Kier alpha value is -0.470. The largest absolute Gasteiger partial charge is 0.471 e. The smallest absolute Gasteiger partial charge is 0.109 e. The molecule has 1 aliphatic carbocycles. The van der Waals surface area contributed by atoms with E-state index >= 15 is 0 Å². The highest BCUT2D eigenvalue weighted by Crippen LogP contribution is 2.14. The van der Waals surface area contributed by atoms with Crippen molar-refractivity contribution in [2.24, 2.45) is 5.73 Å². The van der Waals surface area contributed by atoms with Gasteiger partial charge in [0.15, 0.2) is 0 Å². The van der Waals surface area contributed by atoms with Crippen molar-refractivity contribution in [1.82, 2.24) is 0 Å². The summed E-state index contributed by atoms with van der Waals surface area (Å²) in [5, 5.41) is 0.648. The van der Waals surface area contributed by atoms with Crippen LogP contribution in [0.3, 0.4) is 0 Å². The normalized spacial score (nSPS) is 17.7. The van der Waals surface area contributed by atoms with Gasteiger partial charge in [0.1, 0.15) is 6.26 Å². The number of halogens is 1. The molecule has 1 aromatic heterocycles. The molecule has 2 rings (SSSR count). The van der Waals surface area contributed by atoms with Gasteiger partial charge in [0.05, 0.1) is 11.3 Å². The van der Waals surface area contributed by atoms with E-state index in [0.29, 0.717) is 11.1 Å². The van der Waals surface area contributed by atoms with Crippen molar-refractivity contribution < 1.29 is 4.42 Å². The van der Waals surface area contributed by atoms with Crippen LogP contribution in [0.4, 0.5) is 0 Å². The first-order valence-electron chi connectivity index (χ1n) is 4.72. The van der Waals surface area contributed by atoms with Crippen LogP contribution in [0.1, 0.15) is 32.1 Å². The van der Waals surface area contributed by atoms with E-state index in [4.69, 9.17) is 17.3 Å². The Kier molecular flexibility index (Phi) is 4.94. The summed E-state index contributed by atoms with van der Waals surface area (Å²) in [4.78, 5) is 0. The van der Waals surface area contributed by atoms with Crippen LogP contribution in [0.25, 0.3) is 0 Å². The zero-order valence-corrected chi connectivity index (χ0v) is 8.46. The van der Waals surface area contributed by atoms with Crippen LogP contribution >= 0.6 is 11.6 Å². The molecule has 0 aliphatic heterocycles. The second-order valence-electron chi connectivity index (χ2n) is 3.34. The second kappa shape index (κ2) is 6.06. The quantitative estimate of drug-likeness (QED) is 0.700. The molecule has 0 aromatic carbocycles. The molecule has 13 heavy (non-hydrogen) atoms. The summed E-state index contributed by atoms with van der Waals surface area (Å²) in [6, 6.07) is 2.22. The van der Waals surface area contributed by atoms with Crippen LogP contribution in [-0.2, 0) is 0 Å². The predicted octanol–water partition coefficient (Wildman–Crippen LogP) is 3.21. The monoisotopic (exact) mass is 201 g/mol. The van der Waals surface area contributed by atoms with E-state index in [9.17, 15) is 0 Å². The minimum absolute atomic E-state index is 0.536. The molecule has 2 N–H and O–H groups in total. The van der Waals surface area contributed by atoms with Gasteiger partial charge in [0.25, 0.3) is 0 Å². The molecule has 0 unspecified atom stereocenters. The Morgan fingerprint density at radius 2 is 2.00 bits per heavy atom. The zero-order chi connectivity index (χ0) is 9.52. The fourth-order valence-electron chi connectivity index (χ4n) is 1.38. The maximum Gasteiger partial charge on any atom is 0.109 e. The van der Waals surface area contributed by atoms with Crippen molar-refractivity contribution >= 4 is 11.6 Å². The molecule has 1 aromatic rings. The van der Waals surface area contributed by atoms with E-state index in [1.54, 1.807) is 6.07 Å². The number of rotatable bonds is 0. The summed E-state index contributed by atoms with van der Waals surface area (Å²) in [5.74, 6) is 0. The standard InChI is InChI=1S/C6H13N.C4H3ClO/c7-6-4-2-1-3-5-6;5-4-1-2-6-3-4/h6H,1-5,7H2;1-3H. The molecule has 1 fully saturated rings. The molecule has 0 spiro atoms. The van der Waals surface area contributed by atoms with Gasteiger partial charge in [-0.25, -0.2) is 0 Å². The van der Waals surface area contributed by atoms with Crippen molar-refractivity contribution in [3.05, 3.63) is 23.6 Å². The minimum Gasteiger partial charge on any atom is -0.471 e. The molecule has 0 bridgehead atoms. The lowest BCUT2D eigenvalue weighted by molar-refractivity contribution is 0.441. The summed E-state index contributed by atoms with van der Waals surface area (Å²) < 4.78 is 4.58. The Balaban J connectivity index is 0.000000132. The molecule has 2 nitrogen and oxygen atoms in total. The van der Waals surface area contributed by atoms with Gasteiger partial charge in [-0.2, -0.15) is 0 Å². The van der Waals surface area contributed by atoms with Gasteiger partial charge in [-0.05, 0) is 18.9 Å². The van der Waals surface area contributed by atoms with Crippen molar-refractivity contribution in [3.8, 4) is 0 Å². The van der Waals surface area contributed by atoms with Crippen LogP contribution < -0.4 is 5.73 Å². The SMILES string of the molecule is Clc1ccoc1.NC1CCCCC1. The molecule has 0 saturated heterocycles. The lowest BCUT2D eigenvalue weighted by atomic mass is 9.97. The average Bonchev–Trinajstić information content (AvgIpc) is 2.58. The summed E-state index contributed by atoms with van der Waals surface area (Å²) in [6.07, 6.45) is 9.67. The summed E-state index contributed by atoms with van der Waals surface area (Å²) in [6.45, 7) is 0. The molecule has 0 radical (unpaired) electrons. The van der Waals surface area contributed by atoms with Crippen LogP contribution in [0, 0.1) is 0 Å². The summed E-state index contributed by atoms with van der Waals surface area (Å²) >= 11 is 5.36. The highest BCUT2D eigenvalue weighted by Gasteiger charge is 2.06. The minimum atomic E-state index is 0.536. The average molecular weight is 202 g/mol. The van der Waals surface area contributed by atoms with Crippen LogP contribution in [-0.4, -0.2) is 6.04 Å². The van der Waals surface area contributed by atoms with E-state index in [2.05, 4.69) is 4.42 Å². The Bertz CT molecular complexity index is 205. The molecule has 0 atom stereocenters. The number of nitrogens with two attached hydrogens (primary N) is 1. The van der Waals surface area contributed by atoms with Gasteiger partial charge < -0.3 is 10.2 Å². The first-order chi connectivity index (χ1) is 6.29. The zero-order valence-electron chi connectivity index (χ0n) is 7.71. The Labute approximate surface area is 84.1 Å². The number of hydrogen-bond donors (Lipinski definition) is 1. The third kappa shape index (κ3) is 4.96. The Morgan fingerprint density at radius 3 is 2.23 bits per heavy atom. The third-order valence-electron chi connectivity index (χ3n) is 2.14. The van der Waals surface area contributed by atoms with E-state index in [1.165, 1.54) is 44.6 Å². The highest BCUT2D eigenvalue weighted by molar-refractivity contribution is 6.30. The predicted molar refractivity (Wildman–Crippen MR) is 54.8 cm³/mol. The Morgan fingerprint density at radius 1 is 1.31 bits per heavy atom. The van der Waals surface area contributed by atoms with E-state index < -0.39 is 0 Å². The topological polar surface area (TPSA) is 39.2 Å². The van der Waals surface area contributed by atoms with Crippen molar-refractivity contribution in [1.29, 1.82) is 0 Å². The van der Waals surface area contributed by atoms with E-state index in [-0.39, 0.29) is 0 Å². The first kappa shape index (κ1) is 10.6. The lowest BCUT2D eigenvalue weighted by Crippen LogP contribution is -2.22.